The van der Waals surface area contributed by atoms with E-state index in [4.69, 9.17) is 0 Å². The van der Waals surface area contributed by atoms with Crippen LogP contribution in [0.2, 0.25) is 0 Å². The highest BCUT2D eigenvalue weighted by atomic mass is 32.1. The highest BCUT2D eigenvalue weighted by Gasteiger charge is 2.06. The smallest absolute Gasteiger partial charge is 0.226 e. The van der Waals surface area contributed by atoms with Gasteiger partial charge in [0, 0.05) is 6.42 Å². The Bertz CT molecular complexity index is 514. The predicted molar refractivity (Wildman–Crippen MR) is 76.9 cm³/mol. The number of para-hydroxylation sites is 1. The highest BCUT2D eigenvalue weighted by molar-refractivity contribution is 7.22. The summed E-state index contributed by atoms with van der Waals surface area (Å²) in [5, 5.41) is 3.54. The molecule has 1 amide bonds. The van der Waals surface area contributed by atoms with Gasteiger partial charge in [0.1, 0.15) is 0 Å². The number of benzene rings is 1. The minimum absolute atomic E-state index is 0.0399. The average Bonchev–Trinajstić information content (AvgIpc) is 2.76. The van der Waals surface area contributed by atoms with E-state index in [0.29, 0.717) is 11.6 Å². The Balaban J connectivity index is 1.88. The lowest BCUT2D eigenvalue weighted by Gasteiger charge is -2.00. The second kappa shape index (κ2) is 6.31. The zero-order valence-electron chi connectivity index (χ0n) is 10.2. The van der Waals surface area contributed by atoms with E-state index in [1.54, 1.807) is 0 Å². The second-order valence-corrected chi connectivity index (χ2v) is 5.10. The van der Waals surface area contributed by atoms with Crippen molar-refractivity contribution in [2.75, 3.05) is 5.32 Å². The number of aromatic nitrogens is 1. The molecule has 1 aromatic heterocycles. The summed E-state index contributed by atoms with van der Waals surface area (Å²) in [6, 6.07) is 7.88. The fourth-order valence-corrected chi connectivity index (χ4v) is 2.56. The number of anilines is 1. The maximum Gasteiger partial charge on any atom is 0.226 e. The second-order valence-electron chi connectivity index (χ2n) is 4.07. The normalized spacial score (nSPS) is 10.4. The molecule has 0 bridgehead atoms. The molecule has 2 rings (SSSR count). The van der Waals surface area contributed by atoms with Crippen LogP contribution in [0.15, 0.2) is 36.9 Å². The number of rotatable bonds is 6. The van der Waals surface area contributed by atoms with Crippen molar-refractivity contribution < 1.29 is 4.79 Å². The van der Waals surface area contributed by atoms with Crippen molar-refractivity contribution in [3.63, 3.8) is 0 Å². The Labute approximate surface area is 111 Å². The number of carbonyl (C=O) groups excluding carboxylic acids is 1. The highest BCUT2D eigenvalue weighted by Crippen LogP contribution is 2.25. The molecule has 94 valence electrons. The van der Waals surface area contributed by atoms with Crippen LogP contribution in [-0.2, 0) is 4.79 Å². The lowest BCUT2D eigenvalue weighted by Crippen LogP contribution is -2.10. The first-order valence-electron chi connectivity index (χ1n) is 6.06. The van der Waals surface area contributed by atoms with Gasteiger partial charge in [-0.3, -0.25) is 4.79 Å². The first-order chi connectivity index (χ1) is 8.79. The SMILES string of the molecule is C=CCCCCC(=O)Nc1nc2ccccc2s1. The van der Waals surface area contributed by atoms with E-state index in [2.05, 4.69) is 16.9 Å². The van der Waals surface area contributed by atoms with Gasteiger partial charge in [0.25, 0.3) is 0 Å². The van der Waals surface area contributed by atoms with Gasteiger partial charge in [-0.15, -0.1) is 6.58 Å². The summed E-state index contributed by atoms with van der Waals surface area (Å²) >= 11 is 1.51. The van der Waals surface area contributed by atoms with Crippen molar-refractivity contribution >= 4 is 32.6 Å². The zero-order chi connectivity index (χ0) is 12.8. The van der Waals surface area contributed by atoms with Gasteiger partial charge >= 0.3 is 0 Å². The number of nitrogens with zero attached hydrogens (tertiary/aromatic N) is 1. The molecule has 2 aromatic rings. The van der Waals surface area contributed by atoms with Crippen molar-refractivity contribution in [2.24, 2.45) is 0 Å². The molecule has 0 radical (unpaired) electrons. The largest absolute Gasteiger partial charge is 0.302 e. The molecule has 0 saturated heterocycles. The van der Waals surface area contributed by atoms with Crippen LogP contribution in [0.5, 0.6) is 0 Å². The average molecular weight is 260 g/mol. The summed E-state index contributed by atoms with van der Waals surface area (Å²) in [6.07, 6.45) is 5.29. The fourth-order valence-electron chi connectivity index (χ4n) is 1.68. The topological polar surface area (TPSA) is 42.0 Å². The maximum absolute atomic E-state index is 11.7. The predicted octanol–water partition coefficient (Wildman–Crippen LogP) is 3.98. The standard InChI is InChI=1S/C14H16N2OS/c1-2-3-4-5-10-13(17)16-14-15-11-8-6-7-9-12(11)18-14/h2,6-9H,1,3-5,10H2,(H,15,16,17). The molecule has 0 atom stereocenters. The number of thiazole rings is 1. The molecule has 0 saturated carbocycles. The van der Waals surface area contributed by atoms with Gasteiger partial charge in [0.15, 0.2) is 5.13 Å². The van der Waals surface area contributed by atoms with E-state index in [9.17, 15) is 4.79 Å². The first kappa shape index (κ1) is 12.8. The Kier molecular flexibility index (Phi) is 4.47. The number of fused-ring (bicyclic) bond motifs is 1. The molecule has 0 spiro atoms. The van der Waals surface area contributed by atoms with Crippen LogP contribution < -0.4 is 5.32 Å². The van der Waals surface area contributed by atoms with Crippen molar-refractivity contribution in [1.82, 2.24) is 4.98 Å². The van der Waals surface area contributed by atoms with Gasteiger partial charge in [0.2, 0.25) is 5.91 Å². The Hall–Kier alpha value is -1.68. The van der Waals surface area contributed by atoms with Crippen LogP contribution in [0.1, 0.15) is 25.7 Å². The van der Waals surface area contributed by atoms with Crippen LogP contribution in [0.3, 0.4) is 0 Å². The van der Waals surface area contributed by atoms with Crippen LogP contribution >= 0.6 is 11.3 Å². The monoisotopic (exact) mass is 260 g/mol. The van der Waals surface area contributed by atoms with Gasteiger partial charge < -0.3 is 5.32 Å². The molecule has 0 aliphatic heterocycles. The van der Waals surface area contributed by atoms with Gasteiger partial charge in [-0.1, -0.05) is 29.5 Å². The number of nitrogens with one attached hydrogen (secondary N) is 1. The molecule has 0 aliphatic carbocycles. The van der Waals surface area contributed by atoms with Crippen LogP contribution in [0.4, 0.5) is 5.13 Å². The lowest BCUT2D eigenvalue weighted by molar-refractivity contribution is -0.116. The molecule has 0 aliphatic rings. The van der Waals surface area contributed by atoms with Crippen LogP contribution in [0.25, 0.3) is 10.2 Å². The molecule has 1 heterocycles. The summed E-state index contributed by atoms with van der Waals surface area (Å²) in [5.74, 6) is 0.0399. The molecule has 0 unspecified atom stereocenters. The van der Waals surface area contributed by atoms with Crippen LogP contribution in [0, 0.1) is 0 Å². The van der Waals surface area contributed by atoms with E-state index >= 15 is 0 Å². The zero-order valence-corrected chi connectivity index (χ0v) is 11.0. The third-order valence-electron chi connectivity index (χ3n) is 2.60. The van der Waals surface area contributed by atoms with Crippen molar-refractivity contribution in [3.05, 3.63) is 36.9 Å². The van der Waals surface area contributed by atoms with E-state index in [-0.39, 0.29) is 5.91 Å². The van der Waals surface area contributed by atoms with Crippen molar-refractivity contribution in [1.29, 1.82) is 0 Å². The third-order valence-corrected chi connectivity index (χ3v) is 3.55. The summed E-state index contributed by atoms with van der Waals surface area (Å²) < 4.78 is 1.10. The Morgan fingerprint density at radius 1 is 1.39 bits per heavy atom. The number of hydrogen-bond donors (Lipinski definition) is 1. The summed E-state index contributed by atoms with van der Waals surface area (Å²) in [4.78, 5) is 16.0. The van der Waals surface area contributed by atoms with Crippen molar-refractivity contribution in [2.45, 2.75) is 25.7 Å². The number of carbonyl (C=O) groups is 1. The van der Waals surface area contributed by atoms with E-state index < -0.39 is 0 Å². The molecule has 1 aromatic carbocycles. The van der Waals surface area contributed by atoms with E-state index in [1.165, 1.54) is 11.3 Å². The molecule has 3 nitrogen and oxygen atoms in total. The van der Waals surface area contributed by atoms with Gasteiger partial charge in [0.05, 0.1) is 10.2 Å². The number of amides is 1. The molecule has 1 N–H and O–H groups in total. The molecule has 4 heteroatoms. The molecular formula is C14H16N2OS. The Morgan fingerprint density at radius 3 is 3.00 bits per heavy atom. The number of allylic oxidation sites excluding steroid dienone is 1. The quantitative estimate of drug-likeness (QED) is 0.630. The summed E-state index contributed by atoms with van der Waals surface area (Å²) in [6.45, 7) is 3.66. The molecular weight excluding hydrogens is 244 g/mol. The third kappa shape index (κ3) is 3.40. The van der Waals surface area contributed by atoms with Crippen LogP contribution in [-0.4, -0.2) is 10.9 Å². The minimum Gasteiger partial charge on any atom is -0.302 e. The first-order valence-corrected chi connectivity index (χ1v) is 6.87. The van der Waals surface area contributed by atoms with E-state index in [1.807, 2.05) is 30.3 Å². The van der Waals surface area contributed by atoms with E-state index in [0.717, 1.165) is 29.5 Å². The summed E-state index contributed by atoms with van der Waals surface area (Å²) in [7, 11) is 0. The fraction of sp³-hybridized carbons (Fsp3) is 0.286. The molecule has 18 heavy (non-hydrogen) atoms. The molecule has 0 fully saturated rings. The number of unbranched alkanes of at least 4 members (excludes halogenated alkanes) is 2. The van der Waals surface area contributed by atoms with Gasteiger partial charge in [-0.2, -0.15) is 0 Å². The lowest BCUT2D eigenvalue weighted by atomic mass is 10.2. The minimum atomic E-state index is 0.0399. The van der Waals surface area contributed by atoms with Gasteiger partial charge in [-0.25, -0.2) is 4.98 Å². The maximum atomic E-state index is 11.7. The summed E-state index contributed by atoms with van der Waals surface area (Å²) in [5.41, 5.74) is 0.935. The van der Waals surface area contributed by atoms with Gasteiger partial charge in [-0.05, 0) is 31.4 Å². The van der Waals surface area contributed by atoms with Crippen molar-refractivity contribution in [3.8, 4) is 0 Å². The Morgan fingerprint density at radius 2 is 2.22 bits per heavy atom. The number of hydrogen-bond acceptors (Lipinski definition) is 3.